The van der Waals surface area contributed by atoms with Crippen molar-refractivity contribution in [2.75, 3.05) is 13.2 Å². The number of fused-ring (bicyclic) bond motifs is 1. The number of rotatable bonds is 7. The van der Waals surface area contributed by atoms with Crippen molar-refractivity contribution in [1.29, 1.82) is 0 Å². The van der Waals surface area contributed by atoms with Gasteiger partial charge in [-0.05, 0) is 37.1 Å². The first-order chi connectivity index (χ1) is 15.1. The van der Waals surface area contributed by atoms with Crippen LogP contribution >= 0.6 is 11.3 Å². The molecule has 0 bridgehead atoms. The zero-order valence-electron chi connectivity index (χ0n) is 17.2. The van der Waals surface area contributed by atoms with Crippen LogP contribution in [0, 0.1) is 0 Å². The van der Waals surface area contributed by atoms with Crippen molar-refractivity contribution >= 4 is 22.4 Å². The van der Waals surface area contributed by atoms with E-state index in [1.54, 1.807) is 30.3 Å². The number of ether oxygens (including phenoxy) is 2. The Hall–Kier alpha value is -3.52. The minimum atomic E-state index is -0.463. The van der Waals surface area contributed by atoms with Crippen molar-refractivity contribution in [1.82, 2.24) is 14.6 Å². The molecule has 7 nitrogen and oxygen atoms in total. The molecule has 0 fully saturated rings. The molecule has 0 atom stereocenters. The van der Waals surface area contributed by atoms with E-state index in [0.29, 0.717) is 34.8 Å². The summed E-state index contributed by atoms with van der Waals surface area (Å²) >= 11 is 1.12. The molecule has 0 saturated heterocycles. The summed E-state index contributed by atoms with van der Waals surface area (Å²) < 4.78 is 13.0. The number of hydrogen-bond donors (Lipinski definition) is 0. The van der Waals surface area contributed by atoms with Gasteiger partial charge in [-0.1, -0.05) is 54.7 Å². The van der Waals surface area contributed by atoms with Crippen LogP contribution in [0.4, 0.5) is 0 Å². The number of benzene rings is 2. The molecule has 0 spiro atoms. The van der Waals surface area contributed by atoms with Gasteiger partial charge in [0.25, 0.3) is 5.56 Å². The number of aromatic nitrogens is 3. The summed E-state index contributed by atoms with van der Waals surface area (Å²) in [5.41, 5.74) is 0.761. The van der Waals surface area contributed by atoms with Gasteiger partial charge in [-0.15, -0.1) is 0 Å². The Morgan fingerprint density at radius 2 is 1.84 bits per heavy atom. The molecule has 31 heavy (non-hydrogen) atoms. The average Bonchev–Trinajstić information content (AvgIpc) is 3.07. The van der Waals surface area contributed by atoms with Gasteiger partial charge < -0.3 is 9.47 Å². The summed E-state index contributed by atoms with van der Waals surface area (Å²) in [6, 6.07) is 14.5. The van der Waals surface area contributed by atoms with Crippen molar-refractivity contribution in [2.45, 2.75) is 20.3 Å². The molecule has 2 aromatic heterocycles. The summed E-state index contributed by atoms with van der Waals surface area (Å²) in [7, 11) is 0. The molecule has 0 radical (unpaired) electrons. The molecular weight excluding hydrogens is 414 g/mol. The first kappa shape index (κ1) is 20.7. The minimum Gasteiger partial charge on any atom is -0.490 e. The second-order valence-electron chi connectivity index (χ2n) is 6.73. The Balaban J connectivity index is 1.79. The molecule has 0 aliphatic rings. The third-order valence-electron chi connectivity index (χ3n) is 4.46. The van der Waals surface area contributed by atoms with Crippen molar-refractivity contribution < 1.29 is 9.47 Å². The summed E-state index contributed by atoms with van der Waals surface area (Å²) in [6.07, 6.45) is 2.63. The molecule has 8 heteroatoms. The SMILES string of the molecule is CCCOc1ccc(C=c2sc3nc(=O)c(-c4ccccc4)nn3c2=O)cc1OCC. The van der Waals surface area contributed by atoms with Crippen LogP contribution in [-0.4, -0.2) is 27.8 Å². The lowest BCUT2D eigenvalue weighted by Gasteiger charge is -2.11. The molecule has 0 saturated carbocycles. The molecule has 0 aliphatic heterocycles. The van der Waals surface area contributed by atoms with Crippen LogP contribution in [-0.2, 0) is 0 Å². The lowest BCUT2D eigenvalue weighted by molar-refractivity contribution is 0.277. The standard InChI is InChI=1S/C23H21N3O4S/c1-3-12-30-17-11-10-15(13-18(17)29-4-2)14-19-22(28)26-23(31-19)24-21(27)20(25-26)16-8-6-5-7-9-16/h5-11,13-14H,3-4,12H2,1-2H3. The van der Waals surface area contributed by atoms with Crippen molar-refractivity contribution in [3.05, 3.63) is 79.3 Å². The normalized spacial score (nSPS) is 11.7. The van der Waals surface area contributed by atoms with E-state index < -0.39 is 5.56 Å². The lowest BCUT2D eigenvalue weighted by atomic mass is 10.2. The van der Waals surface area contributed by atoms with Gasteiger partial charge in [0.2, 0.25) is 4.96 Å². The van der Waals surface area contributed by atoms with Crippen LogP contribution in [0.1, 0.15) is 25.8 Å². The van der Waals surface area contributed by atoms with Crippen LogP contribution in [0.15, 0.2) is 58.1 Å². The number of nitrogens with zero attached hydrogens (tertiary/aromatic N) is 3. The Bertz CT molecular complexity index is 1380. The first-order valence-corrected chi connectivity index (χ1v) is 10.8. The fourth-order valence-corrected chi connectivity index (χ4v) is 3.96. The highest BCUT2D eigenvalue weighted by atomic mass is 32.1. The summed E-state index contributed by atoms with van der Waals surface area (Å²) in [4.78, 5) is 29.7. The maximum atomic E-state index is 12.9. The van der Waals surface area contributed by atoms with Gasteiger partial charge in [-0.25, -0.2) is 0 Å². The molecule has 0 unspecified atom stereocenters. The van der Waals surface area contributed by atoms with Gasteiger partial charge in [0.15, 0.2) is 17.2 Å². The van der Waals surface area contributed by atoms with E-state index in [0.717, 1.165) is 23.3 Å². The molecule has 0 amide bonds. The third-order valence-corrected chi connectivity index (χ3v) is 5.42. The Kier molecular flexibility index (Phi) is 6.08. The smallest absolute Gasteiger partial charge is 0.300 e. The summed E-state index contributed by atoms with van der Waals surface area (Å²) in [6.45, 7) is 5.04. The number of hydrogen-bond acceptors (Lipinski definition) is 7. The maximum Gasteiger partial charge on any atom is 0.300 e. The molecule has 158 valence electrons. The van der Waals surface area contributed by atoms with Crippen molar-refractivity contribution in [3.8, 4) is 22.8 Å². The van der Waals surface area contributed by atoms with Crippen LogP contribution in [0.3, 0.4) is 0 Å². The fourth-order valence-electron chi connectivity index (χ4n) is 3.05. The van der Waals surface area contributed by atoms with Crippen molar-refractivity contribution in [3.63, 3.8) is 0 Å². The summed E-state index contributed by atoms with van der Waals surface area (Å²) in [5.74, 6) is 1.29. The van der Waals surface area contributed by atoms with Gasteiger partial charge in [-0.3, -0.25) is 9.59 Å². The quantitative estimate of drug-likeness (QED) is 0.444. The predicted octanol–water partition coefficient (Wildman–Crippen LogP) is 2.91. The van der Waals surface area contributed by atoms with Gasteiger partial charge in [0.1, 0.15) is 0 Å². The predicted molar refractivity (Wildman–Crippen MR) is 121 cm³/mol. The van der Waals surface area contributed by atoms with E-state index in [2.05, 4.69) is 10.1 Å². The average molecular weight is 436 g/mol. The van der Waals surface area contributed by atoms with Gasteiger partial charge >= 0.3 is 5.56 Å². The number of thiazole rings is 1. The topological polar surface area (TPSA) is 82.8 Å². The van der Waals surface area contributed by atoms with E-state index in [-0.39, 0.29) is 16.2 Å². The Morgan fingerprint density at radius 3 is 2.58 bits per heavy atom. The molecule has 2 aromatic carbocycles. The molecule has 0 aliphatic carbocycles. The van der Waals surface area contributed by atoms with Gasteiger partial charge in [-0.2, -0.15) is 14.6 Å². The zero-order chi connectivity index (χ0) is 21.8. The fraction of sp³-hybridized carbons (Fsp3) is 0.217. The summed E-state index contributed by atoms with van der Waals surface area (Å²) in [5, 5.41) is 4.28. The first-order valence-electron chi connectivity index (χ1n) is 10.0. The van der Waals surface area contributed by atoms with E-state index in [4.69, 9.17) is 9.47 Å². The van der Waals surface area contributed by atoms with E-state index >= 15 is 0 Å². The van der Waals surface area contributed by atoms with Crippen LogP contribution in [0.25, 0.3) is 22.3 Å². The van der Waals surface area contributed by atoms with Crippen LogP contribution < -0.4 is 25.1 Å². The molecular formula is C23H21N3O4S. The highest BCUT2D eigenvalue weighted by Gasteiger charge is 2.13. The maximum absolute atomic E-state index is 12.9. The highest BCUT2D eigenvalue weighted by molar-refractivity contribution is 7.15. The second kappa shape index (κ2) is 9.09. The Morgan fingerprint density at radius 1 is 1.03 bits per heavy atom. The minimum absolute atomic E-state index is 0.149. The van der Waals surface area contributed by atoms with E-state index in [1.165, 1.54) is 4.52 Å². The van der Waals surface area contributed by atoms with Crippen molar-refractivity contribution in [2.24, 2.45) is 0 Å². The lowest BCUT2D eigenvalue weighted by Crippen LogP contribution is -2.26. The van der Waals surface area contributed by atoms with Crippen LogP contribution in [0.2, 0.25) is 0 Å². The second-order valence-corrected chi connectivity index (χ2v) is 7.74. The monoisotopic (exact) mass is 435 g/mol. The third kappa shape index (κ3) is 4.34. The highest BCUT2D eigenvalue weighted by Crippen LogP contribution is 2.29. The zero-order valence-corrected chi connectivity index (χ0v) is 18.0. The van der Waals surface area contributed by atoms with E-state index in [1.807, 2.05) is 38.1 Å². The Labute approximate surface area is 182 Å². The molecule has 0 N–H and O–H groups in total. The largest absolute Gasteiger partial charge is 0.490 e. The molecule has 4 rings (SSSR count). The van der Waals surface area contributed by atoms with Gasteiger partial charge in [0.05, 0.1) is 17.7 Å². The molecule has 4 aromatic rings. The van der Waals surface area contributed by atoms with Crippen LogP contribution in [0.5, 0.6) is 11.5 Å². The van der Waals surface area contributed by atoms with Gasteiger partial charge in [0, 0.05) is 5.56 Å². The molecule has 2 heterocycles. The van der Waals surface area contributed by atoms with E-state index in [9.17, 15) is 9.59 Å².